The molecule has 0 N–H and O–H groups in total. The smallest absolute Gasteiger partial charge is 0.127 e. The maximum Gasteiger partial charge on any atom is 0.127 e. The first-order valence-electron chi connectivity index (χ1n) is 11.9. The summed E-state index contributed by atoms with van der Waals surface area (Å²) in [6, 6.07) is 10.6. The van der Waals surface area contributed by atoms with Crippen LogP contribution in [0, 0.1) is 40.3 Å². The molecule has 0 radical (unpaired) electrons. The molecule has 1 aromatic heterocycles. The van der Waals surface area contributed by atoms with Crippen molar-refractivity contribution < 1.29 is 9.18 Å². The van der Waals surface area contributed by atoms with E-state index in [0.717, 1.165) is 29.7 Å². The van der Waals surface area contributed by atoms with E-state index in [9.17, 15) is 9.18 Å². The third kappa shape index (κ3) is 3.11. The summed E-state index contributed by atoms with van der Waals surface area (Å²) in [4.78, 5) is 17.0. The summed E-state index contributed by atoms with van der Waals surface area (Å²) in [5.41, 5.74) is 2.87. The molecule has 6 unspecified atom stereocenters. The minimum absolute atomic E-state index is 0.0861. The number of rotatable bonds is 6. The number of allylic oxidation sites excluding steroid dienone is 1. The van der Waals surface area contributed by atoms with Crippen molar-refractivity contribution >= 4 is 12.4 Å². The fraction of sp³-hybridized carbons (Fsp3) is 0.500. The summed E-state index contributed by atoms with van der Waals surface area (Å²) in [5.74, 6) is 1.85. The molecule has 162 valence electrons. The van der Waals surface area contributed by atoms with Crippen molar-refractivity contribution in [1.82, 2.24) is 4.98 Å². The van der Waals surface area contributed by atoms with Crippen LogP contribution in [0.3, 0.4) is 0 Å². The van der Waals surface area contributed by atoms with E-state index in [1.807, 2.05) is 24.4 Å². The lowest BCUT2D eigenvalue weighted by Gasteiger charge is -2.34. The lowest BCUT2D eigenvalue weighted by atomic mass is 9.70. The van der Waals surface area contributed by atoms with E-state index in [1.54, 1.807) is 6.07 Å². The average molecular weight is 418 g/mol. The van der Waals surface area contributed by atoms with Gasteiger partial charge >= 0.3 is 0 Å². The van der Waals surface area contributed by atoms with Crippen LogP contribution < -0.4 is 0 Å². The molecule has 1 spiro atoms. The van der Waals surface area contributed by atoms with E-state index < -0.39 is 0 Å². The van der Waals surface area contributed by atoms with Gasteiger partial charge in [0.15, 0.2) is 0 Å². The van der Waals surface area contributed by atoms with Gasteiger partial charge in [-0.1, -0.05) is 57.4 Å². The molecule has 3 aliphatic carbocycles. The SMILES string of the molecule is CCC(C)C1C(/C=C/c2ccc(-c3cccc(F)c3)cn2)C2CCCCC23CC13C=O. The monoisotopic (exact) mass is 417 g/mol. The second-order valence-corrected chi connectivity index (χ2v) is 10.2. The Kier molecular flexibility index (Phi) is 5.11. The van der Waals surface area contributed by atoms with Crippen LogP contribution in [-0.2, 0) is 4.79 Å². The third-order valence-corrected chi connectivity index (χ3v) is 8.88. The second kappa shape index (κ2) is 7.69. The maximum atomic E-state index is 13.5. The summed E-state index contributed by atoms with van der Waals surface area (Å²) < 4.78 is 13.5. The quantitative estimate of drug-likeness (QED) is 0.476. The van der Waals surface area contributed by atoms with E-state index in [0.29, 0.717) is 23.7 Å². The number of hydrogen-bond acceptors (Lipinski definition) is 2. The second-order valence-electron chi connectivity index (χ2n) is 10.2. The zero-order valence-electron chi connectivity index (χ0n) is 18.6. The highest BCUT2D eigenvalue weighted by Gasteiger charge is 2.80. The molecule has 3 saturated carbocycles. The molecule has 1 aromatic carbocycles. The van der Waals surface area contributed by atoms with Gasteiger partial charge in [-0.2, -0.15) is 0 Å². The number of aromatic nitrogens is 1. The number of carbonyl (C=O) groups is 1. The lowest BCUT2D eigenvalue weighted by molar-refractivity contribution is -0.115. The first-order chi connectivity index (χ1) is 15.0. The molecular weight excluding hydrogens is 385 g/mol. The Labute approximate surface area is 185 Å². The number of carbonyl (C=O) groups excluding carboxylic acids is 1. The topological polar surface area (TPSA) is 30.0 Å². The average Bonchev–Trinajstić information content (AvgIpc) is 3.37. The summed E-state index contributed by atoms with van der Waals surface area (Å²) in [7, 11) is 0. The van der Waals surface area contributed by atoms with E-state index in [4.69, 9.17) is 0 Å². The van der Waals surface area contributed by atoms with E-state index in [-0.39, 0.29) is 16.6 Å². The van der Waals surface area contributed by atoms with Gasteiger partial charge in [0, 0.05) is 17.2 Å². The Bertz CT molecular complexity index is 998. The Hall–Kier alpha value is -2.29. The molecule has 1 heterocycles. The number of pyridine rings is 1. The molecule has 3 heteroatoms. The highest BCUT2D eigenvalue weighted by Crippen LogP contribution is 2.83. The Morgan fingerprint density at radius 1 is 1.23 bits per heavy atom. The molecule has 0 aliphatic heterocycles. The van der Waals surface area contributed by atoms with Crippen molar-refractivity contribution in [3.63, 3.8) is 0 Å². The van der Waals surface area contributed by atoms with E-state index in [1.165, 1.54) is 44.1 Å². The Balaban J connectivity index is 1.42. The van der Waals surface area contributed by atoms with Gasteiger partial charge in [-0.25, -0.2) is 4.39 Å². The molecule has 31 heavy (non-hydrogen) atoms. The van der Waals surface area contributed by atoms with Crippen LogP contribution in [0.2, 0.25) is 0 Å². The highest BCUT2D eigenvalue weighted by atomic mass is 19.1. The molecule has 6 atom stereocenters. The van der Waals surface area contributed by atoms with Crippen LogP contribution in [0.5, 0.6) is 0 Å². The molecule has 3 fully saturated rings. The molecule has 3 aliphatic rings. The molecule has 2 nitrogen and oxygen atoms in total. The number of halogens is 1. The predicted octanol–water partition coefficient (Wildman–Crippen LogP) is 6.96. The summed E-state index contributed by atoms with van der Waals surface area (Å²) >= 11 is 0. The summed E-state index contributed by atoms with van der Waals surface area (Å²) in [6.07, 6.45) is 15.0. The predicted molar refractivity (Wildman–Crippen MR) is 123 cm³/mol. The van der Waals surface area contributed by atoms with Crippen LogP contribution >= 0.6 is 0 Å². The van der Waals surface area contributed by atoms with Crippen LogP contribution in [-0.4, -0.2) is 11.3 Å². The largest absolute Gasteiger partial charge is 0.303 e. The minimum Gasteiger partial charge on any atom is -0.303 e. The lowest BCUT2D eigenvalue weighted by Crippen LogP contribution is -2.28. The van der Waals surface area contributed by atoms with Crippen LogP contribution in [0.1, 0.15) is 58.1 Å². The normalized spacial score (nSPS) is 34.9. The third-order valence-electron chi connectivity index (χ3n) is 8.88. The van der Waals surface area contributed by atoms with Crippen molar-refractivity contribution in [2.75, 3.05) is 0 Å². The van der Waals surface area contributed by atoms with Gasteiger partial charge in [0.2, 0.25) is 0 Å². The van der Waals surface area contributed by atoms with Crippen molar-refractivity contribution in [1.29, 1.82) is 0 Å². The van der Waals surface area contributed by atoms with Crippen LogP contribution in [0.25, 0.3) is 17.2 Å². The van der Waals surface area contributed by atoms with Crippen molar-refractivity contribution in [2.45, 2.75) is 52.4 Å². The number of benzene rings is 1. The van der Waals surface area contributed by atoms with Crippen molar-refractivity contribution in [3.05, 3.63) is 60.2 Å². The Morgan fingerprint density at radius 3 is 2.81 bits per heavy atom. The number of aldehydes is 1. The van der Waals surface area contributed by atoms with Crippen LogP contribution in [0.4, 0.5) is 4.39 Å². The molecule has 2 aromatic rings. The molecule has 0 saturated heterocycles. The number of hydrogen-bond donors (Lipinski definition) is 0. The first-order valence-corrected chi connectivity index (χ1v) is 11.9. The van der Waals surface area contributed by atoms with Crippen LogP contribution in [0.15, 0.2) is 48.7 Å². The van der Waals surface area contributed by atoms with Gasteiger partial charge in [0.05, 0.1) is 5.69 Å². The van der Waals surface area contributed by atoms with Gasteiger partial charge in [0.25, 0.3) is 0 Å². The fourth-order valence-electron chi connectivity index (χ4n) is 7.33. The van der Waals surface area contributed by atoms with Gasteiger partial charge in [-0.05, 0) is 78.2 Å². The van der Waals surface area contributed by atoms with Crippen molar-refractivity contribution in [3.8, 4) is 11.1 Å². The molecule has 0 bridgehead atoms. The summed E-state index contributed by atoms with van der Waals surface area (Å²) in [5, 5.41) is 0. The highest BCUT2D eigenvalue weighted by molar-refractivity contribution is 5.70. The van der Waals surface area contributed by atoms with Gasteiger partial charge in [-0.3, -0.25) is 4.98 Å². The molecule has 0 amide bonds. The van der Waals surface area contributed by atoms with Crippen molar-refractivity contribution in [2.24, 2.45) is 34.5 Å². The molecule has 5 rings (SSSR count). The van der Waals surface area contributed by atoms with Gasteiger partial charge in [0.1, 0.15) is 12.1 Å². The Morgan fingerprint density at radius 2 is 2.10 bits per heavy atom. The zero-order chi connectivity index (χ0) is 21.6. The van der Waals surface area contributed by atoms with Gasteiger partial charge in [-0.15, -0.1) is 0 Å². The standard InChI is InChI=1S/C28H32FNO/c1-3-19(2)26-24(25-9-4-5-14-27(25)17-28(26,27)18-31)13-12-23-11-10-21(16-30-23)20-7-6-8-22(29)15-20/h6-8,10-13,15-16,18-19,24-26H,3-5,9,14,17H2,1-2H3/b13-12+. The van der Waals surface area contributed by atoms with E-state index in [2.05, 4.69) is 31.0 Å². The zero-order valence-corrected chi connectivity index (χ0v) is 18.6. The van der Waals surface area contributed by atoms with Gasteiger partial charge < -0.3 is 4.79 Å². The first kappa shape index (κ1) is 20.6. The minimum atomic E-state index is -0.233. The summed E-state index contributed by atoms with van der Waals surface area (Å²) in [6.45, 7) is 4.60. The molecular formula is C28H32FNO. The number of nitrogens with zero attached hydrogens (tertiary/aromatic N) is 1. The fourth-order valence-corrected chi connectivity index (χ4v) is 7.33. The maximum absolute atomic E-state index is 13.5. The van der Waals surface area contributed by atoms with E-state index >= 15 is 0 Å².